The number of ether oxygens (including phenoxy) is 1. The van der Waals surface area contributed by atoms with Crippen LogP contribution < -0.4 is 10.5 Å². The van der Waals surface area contributed by atoms with E-state index in [4.69, 9.17) is 15.6 Å². The molecule has 1 aromatic heterocycles. The van der Waals surface area contributed by atoms with Gasteiger partial charge >= 0.3 is 0 Å². The van der Waals surface area contributed by atoms with Gasteiger partial charge in [0.1, 0.15) is 5.75 Å². The lowest BCUT2D eigenvalue weighted by molar-refractivity contribution is 0.414. The van der Waals surface area contributed by atoms with Gasteiger partial charge in [-0.3, -0.25) is 0 Å². The van der Waals surface area contributed by atoms with E-state index in [2.05, 4.69) is 19.9 Å². The van der Waals surface area contributed by atoms with Crippen molar-refractivity contribution >= 4 is 0 Å². The molecule has 4 nitrogen and oxygen atoms in total. The van der Waals surface area contributed by atoms with Gasteiger partial charge < -0.3 is 10.5 Å². The van der Waals surface area contributed by atoms with Gasteiger partial charge in [0, 0.05) is 11.8 Å². The van der Waals surface area contributed by atoms with Gasteiger partial charge in [0.2, 0.25) is 0 Å². The number of rotatable bonds is 6. The molecule has 0 radical (unpaired) electrons. The first-order valence-electron chi connectivity index (χ1n) is 7.19. The number of nitrogens with zero attached hydrogens (tertiary/aromatic N) is 2. The Morgan fingerprint density at radius 3 is 2.65 bits per heavy atom. The molecule has 1 aromatic carbocycles. The van der Waals surface area contributed by atoms with Gasteiger partial charge in [-0.25, -0.2) is 4.68 Å². The van der Waals surface area contributed by atoms with Crippen LogP contribution in [0.5, 0.6) is 5.75 Å². The molecule has 0 saturated heterocycles. The van der Waals surface area contributed by atoms with Crippen molar-refractivity contribution in [1.82, 2.24) is 9.78 Å². The second-order valence-electron chi connectivity index (χ2n) is 4.73. The Morgan fingerprint density at radius 2 is 2.05 bits per heavy atom. The molecule has 0 spiro atoms. The number of hydrogen-bond donors (Lipinski definition) is 1. The lowest BCUT2D eigenvalue weighted by Crippen LogP contribution is -2.07. The monoisotopic (exact) mass is 273 g/mol. The molecule has 2 aromatic rings. The summed E-state index contributed by atoms with van der Waals surface area (Å²) >= 11 is 0. The van der Waals surface area contributed by atoms with Crippen molar-refractivity contribution in [2.45, 2.75) is 33.1 Å². The highest BCUT2D eigenvalue weighted by Crippen LogP contribution is 2.23. The standard InChI is InChI=1S/C16H23N3O/c1-4-15-14(9-10-17)16(5-2)19(18-15)12-7-6-8-13(11-12)20-3/h6-8,11H,4-5,9-10,17H2,1-3H3. The van der Waals surface area contributed by atoms with E-state index in [-0.39, 0.29) is 0 Å². The molecule has 0 aliphatic rings. The van der Waals surface area contributed by atoms with E-state index < -0.39 is 0 Å². The third-order valence-corrected chi connectivity index (χ3v) is 3.54. The second-order valence-corrected chi connectivity index (χ2v) is 4.73. The number of benzene rings is 1. The molecule has 2 N–H and O–H groups in total. The lowest BCUT2D eigenvalue weighted by Gasteiger charge is -2.09. The highest BCUT2D eigenvalue weighted by Gasteiger charge is 2.16. The smallest absolute Gasteiger partial charge is 0.121 e. The first kappa shape index (κ1) is 14.6. The molecule has 0 aliphatic heterocycles. The van der Waals surface area contributed by atoms with Crippen LogP contribution in [0.25, 0.3) is 5.69 Å². The Balaban J connectivity index is 2.54. The predicted octanol–water partition coefficient (Wildman–Crippen LogP) is 2.51. The number of methoxy groups -OCH3 is 1. The minimum absolute atomic E-state index is 0.657. The van der Waals surface area contributed by atoms with Crippen LogP contribution in [0.3, 0.4) is 0 Å². The van der Waals surface area contributed by atoms with Gasteiger partial charge in [0.05, 0.1) is 18.5 Å². The van der Waals surface area contributed by atoms with Crippen LogP contribution in [-0.2, 0) is 19.3 Å². The molecule has 4 heteroatoms. The number of aromatic nitrogens is 2. The minimum atomic E-state index is 0.657. The molecule has 0 bridgehead atoms. The summed E-state index contributed by atoms with van der Waals surface area (Å²) in [6.07, 6.45) is 2.76. The van der Waals surface area contributed by atoms with Gasteiger partial charge in [0.25, 0.3) is 0 Å². The Kier molecular flexibility index (Phi) is 4.79. The maximum absolute atomic E-state index is 5.74. The molecule has 0 aliphatic carbocycles. The van der Waals surface area contributed by atoms with E-state index in [0.29, 0.717) is 6.54 Å². The number of nitrogens with two attached hydrogens (primary N) is 1. The molecule has 0 atom stereocenters. The van der Waals surface area contributed by atoms with Gasteiger partial charge in [-0.2, -0.15) is 5.10 Å². The van der Waals surface area contributed by atoms with Crippen molar-refractivity contribution in [1.29, 1.82) is 0 Å². The summed E-state index contributed by atoms with van der Waals surface area (Å²) < 4.78 is 7.33. The van der Waals surface area contributed by atoms with Gasteiger partial charge in [-0.1, -0.05) is 19.9 Å². The van der Waals surface area contributed by atoms with Crippen molar-refractivity contribution in [2.75, 3.05) is 13.7 Å². The fourth-order valence-corrected chi connectivity index (χ4v) is 2.57. The average Bonchev–Trinajstić information content (AvgIpc) is 2.85. The molecule has 2 rings (SSSR count). The number of hydrogen-bond acceptors (Lipinski definition) is 3. The van der Waals surface area contributed by atoms with Gasteiger partial charge in [0.15, 0.2) is 0 Å². The summed E-state index contributed by atoms with van der Waals surface area (Å²) in [4.78, 5) is 0. The van der Waals surface area contributed by atoms with Crippen LogP contribution in [0.1, 0.15) is 30.8 Å². The Hall–Kier alpha value is -1.81. The fourth-order valence-electron chi connectivity index (χ4n) is 2.57. The molecule has 0 saturated carbocycles. The maximum atomic E-state index is 5.74. The van der Waals surface area contributed by atoms with Crippen LogP contribution in [0.4, 0.5) is 0 Å². The Labute approximate surface area is 120 Å². The first-order chi connectivity index (χ1) is 9.74. The van der Waals surface area contributed by atoms with Crippen LogP contribution in [0.2, 0.25) is 0 Å². The summed E-state index contributed by atoms with van der Waals surface area (Å²) in [6.45, 7) is 4.95. The zero-order chi connectivity index (χ0) is 14.5. The molecule has 1 heterocycles. The van der Waals surface area contributed by atoms with Gasteiger partial charge in [-0.15, -0.1) is 0 Å². The first-order valence-corrected chi connectivity index (χ1v) is 7.19. The summed E-state index contributed by atoms with van der Waals surface area (Å²) in [7, 11) is 1.68. The quantitative estimate of drug-likeness (QED) is 0.880. The van der Waals surface area contributed by atoms with Crippen molar-refractivity contribution in [3.63, 3.8) is 0 Å². The molecular formula is C16H23N3O. The van der Waals surface area contributed by atoms with E-state index in [1.165, 1.54) is 11.3 Å². The summed E-state index contributed by atoms with van der Waals surface area (Å²) in [5, 5.41) is 4.77. The lowest BCUT2D eigenvalue weighted by atomic mass is 10.1. The van der Waals surface area contributed by atoms with Crippen molar-refractivity contribution in [3.05, 3.63) is 41.2 Å². The maximum Gasteiger partial charge on any atom is 0.121 e. The van der Waals surface area contributed by atoms with E-state index >= 15 is 0 Å². The second kappa shape index (κ2) is 6.57. The normalized spacial score (nSPS) is 10.8. The van der Waals surface area contributed by atoms with E-state index in [1.807, 2.05) is 22.9 Å². The SMILES string of the molecule is CCc1nn(-c2cccc(OC)c2)c(CC)c1CCN. The van der Waals surface area contributed by atoms with Crippen molar-refractivity contribution in [2.24, 2.45) is 5.73 Å². The minimum Gasteiger partial charge on any atom is -0.497 e. The summed E-state index contributed by atoms with van der Waals surface area (Å²) in [6, 6.07) is 8.00. The van der Waals surface area contributed by atoms with Crippen LogP contribution in [0.15, 0.2) is 24.3 Å². The summed E-state index contributed by atoms with van der Waals surface area (Å²) in [5.74, 6) is 0.846. The Morgan fingerprint density at radius 1 is 1.25 bits per heavy atom. The van der Waals surface area contributed by atoms with Crippen LogP contribution in [0, 0.1) is 0 Å². The van der Waals surface area contributed by atoms with Crippen LogP contribution in [-0.4, -0.2) is 23.4 Å². The predicted molar refractivity (Wildman–Crippen MR) is 81.6 cm³/mol. The topological polar surface area (TPSA) is 53.1 Å². The third-order valence-electron chi connectivity index (χ3n) is 3.54. The van der Waals surface area contributed by atoms with E-state index in [9.17, 15) is 0 Å². The molecule has 0 fully saturated rings. The molecule has 0 unspecified atom stereocenters. The van der Waals surface area contributed by atoms with Crippen molar-refractivity contribution < 1.29 is 4.74 Å². The third kappa shape index (κ3) is 2.70. The fraction of sp³-hybridized carbons (Fsp3) is 0.438. The highest BCUT2D eigenvalue weighted by molar-refractivity contribution is 5.42. The van der Waals surface area contributed by atoms with Crippen LogP contribution >= 0.6 is 0 Å². The zero-order valence-electron chi connectivity index (χ0n) is 12.5. The molecule has 108 valence electrons. The Bertz CT molecular complexity index is 575. The van der Waals surface area contributed by atoms with E-state index in [1.54, 1.807) is 7.11 Å². The largest absolute Gasteiger partial charge is 0.497 e. The zero-order valence-corrected chi connectivity index (χ0v) is 12.5. The molecular weight excluding hydrogens is 250 g/mol. The molecule has 0 amide bonds. The van der Waals surface area contributed by atoms with Crippen molar-refractivity contribution in [3.8, 4) is 11.4 Å². The highest BCUT2D eigenvalue weighted by atomic mass is 16.5. The number of aryl methyl sites for hydroxylation is 1. The van der Waals surface area contributed by atoms with Gasteiger partial charge in [-0.05, 0) is 43.5 Å². The summed E-state index contributed by atoms with van der Waals surface area (Å²) in [5.41, 5.74) is 10.5. The molecule has 20 heavy (non-hydrogen) atoms. The van der Waals surface area contributed by atoms with E-state index in [0.717, 1.165) is 36.4 Å². The average molecular weight is 273 g/mol.